The number of aryl methyl sites for hydroxylation is 1. The predicted molar refractivity (Wildman–Crippen MR) is 98.9 cm³/mol. The standard InChI is InChI=1S/C20H22N2O4/c1-15-7-8-16(26-15)13-22(11-12-25-2)20(24)14-21-10-9-19(23)17-5-3-4-6-18(17)21/h3-10H,11-14H2,1-2H3. The molecule has 0 saturated carbocycles. The molecule has 0 spiro atoms. The molecule has 0 aliphatic rings. The summed E-state index contributed by atoms with van der Waals surface area (Å²) in [4.78, 5) is 26.6. The fraction of sp³-hybridized carbons (Fsp3) is 0.300. The van der Waals surface area contributed by atoms with Crippen LogP contribution in [-0.2, 0) is 22.6 Å². The molecule has 3 aromatic rings. The van der Waals surface area contributed by atoms with E-state index in [2.05, 4.69) is 0 Å². The summed E-state index contributed by atoms with van der Waals surface area (Å²) in [6.45, 7) is 3.30. The van der Waals surface area contributed by atoms with Crippen molar-refractivity contribution in [2.24, 2.45) is 0 Å². The number of furan rings is 1. The zero-order valence-corrected chi connectivity index (χ0v) is 15.0. The van der Waals surface area contributed by atoms with Crippen molar-refractivity contribution < 1.29 is 13.9 Å². The van der Waals surface area contributed by atoms with E-state index >= 15 is 0 Å². The van der Waals surface area contributed by atoms with Crippen molar-refractivity contribution in [1.29, 1.82) is 0 Å². The molecule has 1 aromatic carbocycles. The highest BCUT2D eigenvalue weighted by Crippen LogP contribution is 2.13. The molecule has 0 fully saturated rings. The largest absolute Gasteiger partial charge is 0.464 e. The van der Waals surface area contributed by atoms with Crippen LogP contribution in [0.15, 0.2) is 57.9 Å². The minimum Gasteiger partial charge on any atom is -0.464 e. The number of methoxy groups -OCH3 is 1. The number of nitrogens with zero attached hydrogens (tertiary/aromatic N) is 2. The molecule has 26 heavy (non-hydrogen) atoms. The monoisotopic (exact) mass is 354 g/mol. The number of fused-ring (bicyclic) bond motifs is 1. The van der Waals surface area contributed by atoms with Gasteiger partial charge in [-0.05, 0) is 31.2 Å². The van der Waals surface area contributed by atoms with Crippen LogP contribution in [0.2, 0.25) is 0 Å². The Bertz CT molecular complexity index is 958. The number of carbonyl (C=O) groups excluding carboxylic acids is 1. The molecule has 0 aliphatic carbocycles. The first-order valence-corrected chi connectivity index (χ1v) is 8.48. The second-order valence-corrected chi connectivity index (χ2v) is 6.15. The highest BCUT2D eigenvalue weighted by atomic mass is 16.5. The minimum atomic E-state index is -0.0649. The Morgan fingerprint density at radius 3 is 2.73 bits per heavy atom. The van der Waals surface area contributed by atoms with Crippen molar-refractivity contribution in [2.75, 3.05) is 20.3 Å². The van der Waals surface area contributed by atoms with Gasteiger partial charge in [0.2, 0.25) is 5.91 Å². The van der Waals surface area contributed by atoms with Gasteiger partial charge >= 0.3 is 0 Å². The molecule has 6 heteroatoms. The summed E-state index contributed by atoms with van der Waals surface area (Å²) in [5.41, 5.74) is 0.695. The maximum atomic E-state index is 12.9. The van der Waals surface area contributed by atoms with E-state index in [1.165, 1.54) is 6.07 Å². The van der Waals surface area contributed by atoms with Gasteiger partial charge < -0.3 is 18.6 Å². The van der Waals surface area contributed by atoms with Crippen molar-refractivity contribution >= 4 is 16.8 Å². The highest BCUT2D eigenvalue weighted by molar-refractivity contribution is 5.82. The minimum absolute atomic E-state index is 0.0494. The van der Waals surface area contributed by atoms with Crippen LogP contribution in [0.1, 0.15) is 11.5 Å². The molecule has 0 bridgehead atoms. The van der Waals surface area contributed by atoms with E-state index in [0.29, 0.717) is 25.1 Å². The van der Waals surface area contributed by atoms with E-state index in [0.717, 1.165) is 17.0 Å². The zero-order valence-electron chi connectivity index (χ0n) is 15.0. The zero-order chi connectivity index (χ0) is 18.5. The highest BCUT2D eigenvalue weighted by Gasteiger charge is 2.17. The SMILES string of the molecule is COCCN(Cc1ccc(C)o1)C(=O)Cn1ccc(=O)c2ccccc21. The van der Waals surface area contributed by atoms with Crippen molar-refractivity contribution in [2.45, 2.75) is 20.0 Å². The number of amides is 1. The summed E-state index contributed by atoms with van der Waals surface area (Å²) in [5, 5.41) is 0.605. The first kappa shape index (κ1) is 17.9. The number of pyridine rings is 1. The summed E-state index contributed by atoms with van der Waals surface area (Å²) >= 11 is 0. The van der Waals surface area contributed by atoms with E-state index in [9.17, 15) is 9.59 Å². The van der Waals surface area contributed by atoms with Gasteiger partial charge in [0.1, 0.15) is 18.1 Å². The van der Waals surface area contributed by atoms with Gasteiger partial charge in [0.15, 0.2) is 5.43 Å². The fourth-order valence-electron chi connectivity index (χ4n) is 2.90. The molecule has 0 radical (unpaired) electrons. The molecule has 0 atom stereocenters. The Balaban J connectivity index is 1.83. The Kier molecular flexibility index (Phi) is 5.53. The predicted octanol–water partition coefficient (Wildman–Crippen LogP) is 2.58. The van der Waals surface area contributed by atoms with Crippen molar-refractivity contribution in [3.05, 3.63) is 70.4 Å². The van der Waals surface area contributed by atoms with Gasteiger partial charge in [0.25, 0.3) is 0 Å². The number of aromatic nitrogens is 1. The van der Waals surface area contributed by atoms with E-state index in [-0.39, 0.29) is 17.9 Å². The lowest BCUT2D eigenvalue weighted by molar-refractivity contribution is -0.133. The van der Waals surface area contributed by atoms with Crippen molar-refractivity contribution in [3.8, 4) is 0 Å². The average Bonchev–Trinajstić information content (AvgIpc) is 3.06. The summed E-state index contributed by atoms with van der Waals surface area (Å²) in [6.07, 6.45) is 1.66. The molecule has 2 aromatic heterocycles. The van der Waals surface area contributed by atoms with Crippen LogP contribution in [0, 0.1) is 6.92 Å². The number of para-hydroxylation sites is 1. The number of ether oxygens (including phenoxy) is 1. The third kappa shape index (κ3) is 4.03. The van der Waals surface area contributed by atoms with Crippen LogP contribution in [0.4, 0.5) is 0 Å². The summed E-state index contributed by atoms with van der Waals surface area (Å²) in [5.74, 6) is 1.48. The quantitative estimate of drug-likeness (QED) is 0.654. The molecule has 3 rings (SSSR count). The molecule has 2 heterocycles. The van der Waals surface area contributed by atoms with Crippen LogP contribution in [0.5, 0.6) is 0 Å². The lowest BCUT2D eigenvalue weighted by Crippen LogP contribution is -2.36. The average molecular weight is 354 g/mol. The molecule has 0 N–H and O–H groups in total. The second-order valence-electron chi connectivity index (χ2n) is 6.15. The Morgan fingerprint density at radius 2 is 2.00 bits per heavy atom. The first-order chi connectivity index (χ1) is 12.6. The third-order valence-corrected chi connectivity index (χ3v) is 4.25. The van der Waals surface area contributed by atoms with Crippen molar-refractivity contribution in [3.63, 3.8) is 0 Å². The molecule has 0 aliphatic heterocycles. The normalized spacial score (nSPS) is 11.0. The van der Waals surface area contributed by atoms with Gasteiger partial charge in [-0.25, -0.2) is 0 Å². The van der Waals surface area contributed by atoms with Crippen LogP contribution in [0.25, 0.3) is 10.9 Å². The summed E-state index contributed by atoms with van der Waals surface area (Å²) in [6, 6.07) is 12.5. The van der Waals surface area contributed by atoms with Crippen LogP contribution < -0.4 is 5.43 Å². The molecule has 0 unspecified atom stereocenters. The van der Waals surface area contributed by atoms with Gasteiger partial charge in [-0.15, -0.1) is 0 Å². The fourth-order valence-corrected chi connectivity index (χ4v) is 2.90. The van der Waals surface area contributed by atoms with E-state index in [4.69, 9.17) is 9.15 Å². The van der Waals surface area contributed by atoms with Crippen LogP contribution >= 0.6 is 0 Å². The van der Waals surface area contributed by atoms with E-state index in [1.807, 2.05) is 37.3 Å². The number of carbonyl (C=O) groups is 1. The van der Waals surface area contributed by atoms with E-state index in [1.54, 1.807) is 28.8 Å². The molecular weight excluding hydrogens is 332 g/mol. The molecule has 6 nitrogen and oxygen atoms in total. The summed E-state index contributed by atoms with van der Waals surface area (Å²) < 4.78 is 12.5. The first-order valence-electron chi connectivity index (χ1n) is 8.48. The third-order valence-electron chi connectivity index (χ3n) is 4.25. The lowest BCUT2D eigenvalue weighted by atomic mass is 10.2. The number of rotatable bonds is 7. The van der Waals surface area contributed by atoms with Gasteiger partial charge in [0.05, 0.1) is 18.7 Å². The topological polar surface area (TPSA) is 64.7 Å². The number of benzene rings is 1. The van der Waals surface area contributed by atoms with Crippen LogP contribution in [0.3, 0.4) is 0 Å². The summed E-state index contributed by atoms with van der Waals surface area (Å²) in [7, 11) is 1.61. The number of hydrogen-bond acceptors (Lipinski definition) is 4. The Morgan fingerprint density at radius 1 is 1.19 bits per heavy atom. The van der Waals surface area contributed by atoms with Crippen LogP contribution in [-0.4, -0.2) is 35.6 Å². The van der Waals surface area contributed by atoms with Crippen molar-refractivity contribution in [1.82, 2.24) is 9.47 Å². The Hall–Kier alpha value is -2.86. The molecule has 136 valence electrons. The number of hydrogen-bond donors (Lipinski definition) is 0. The Labute approximate surface area is 151 Å². The lowest BCUT2D eigenvalue weighted by Gasteiger charge is -2.22. The molecule has 0 saturated heterocycles. The molecule has 1 amide bonds. The maximum absolute atomic E-state index is 12.9. The maximum Gasteiger partial charge on any atom is 0.242 e. The smallest absolute Gasteiger partial charge is 0.242 e. The van der Waals surface area contributed by atoms with Gasteiger partial charge in [-0.3, -0.25) is 9.59 Å². The van der Waals surface area contributed by atoms with Gasteiger partial charge in [-0.2, -0.15) is 0 Å². The molecular formula is C20H22N2O4. The second kappa shape index (κ2) is 8.01. The van der Waals surface area contributed by atoms with E-state index < -0.39 is 0 Å². The van der Waals surface area contributed by atoms with Gasteiger partial charge in [-0.1, -0.05) is 12.1 Å². The van der Waals surface area contributed by atoms with Gasteiger partial charge in [0, 0.05) is 31.3 Å².